The van der Waals surface area contributed by atoms with Crippen LogP contribution in [0.3, 0.4) is 0 Å². The zero-order chi connectivity index (χ0) is 30.2. The molecule has 1 aromatic heterocycles. The Kier molecular flexibility index (Phi) is 8.62. The Hall–Kier alpha value is -3.43. The van der Waals surface area contributed by atoms with Crippen LogP contribution in [0.25, 0.3) is 11.3 Å². The summed E-state index contributed by atoms with van der Waals surface area (Å²) in [5.41, 5.74) is 5.10. The number of piperidine rings is 1. The van der Waals surface area contributed by atoms with Crippen molar-refractivity contribution >= 4 is 28.3 Å². The van der Waals surface area contributed by atoms with Crippen LogP contribution in [0.2, 0.25) is 0 Å². The van der Waals surface area contributed by atoms with Crippen molar-refractivity contribution in [1.82, 2.24) is 9.88 Å². The Balaban J connectivity index is 1.28. The first-order chi connectivity index (χ1) is 20.0. The van der Waals surface area contributed by atoms with E-state index in [1.165, 1.54) is 0 Å². The van der Waals surface area contributed by atoms with Gasteiger partial charge in [-0.2, -0.15) is 0 Å². The van der Waals surface area contributed by atoms with Gasteiger partial charge in [-0.15, -0.1) is 11.3 Å². The number of nitrogens with zero attached hydrogens (tertiary/aromatic N) is 3. The van der Waals surface area contributed by atoms with Crippen molar-refractivity contribution in [2.24, 2.45) is 23.2 Å². The van der Waals surface area contributed by atoms with Gasteiger partial charge in [-0.25, -0.2) is 4.98 Å². The Morgan fingerprint density at radius 3 is 2.48 bits per heavy atom. The minimum absolute atomic E-state index is 0.00946. The Morgan fingerprint density at radius 1 is 1.12 bits per heavy atom. The summed E-state index contributed by atoms with van der Waals surface area (Å²) in [5.74, 6) is 0.148. The quantitative estimate of drug-likeness (QED) is 0.314. The summed E-state index contributed by atoms with van der Waals surface area (Å²) in [7, 11) is 1.76. The number of ether oxygens (including phenoxy) is 1. The lowest BCUT2D eigenvalue weighted by Crippen LogP contribution is -2.44. The lowest BCUT2D eigenvalue weighted by molar-refractivity contribution is -0.144. The van der Waals surface area contributed by atoms with Crippen LogP contribution in [-0.2, 0) is 11.4 Å². The molecule has 1 saturated heterocycles. The summed E-state index contributed by atoms with van der Waals surface area (Å²) in [4.78, 5) is 33.7. The van der Waals surface area contributed by atoms with E-state index in [-0.39, 0.29) is 35.7 Å². The maximum Gasteiger partial charge on any atom is 0.307 e. The molecule has 1 unspecified atom stereocenters. The van der Waals surface area contributed by atoms with Gasteiger partial charge in [0, 0.05) is 55.2 Å². The number of hydrogen-bond acceptors (Lipinski definition) is 7. The van der Waals surface area contributed by atoms with Crippen LogP contribution in [0.15, 0.2) is 41.8 Å². The highest BCUT2D eigenvalue weighted by Crippen LogP contribution is 2.44. The van der Waals surface area contributed by atoms with E-state index in [4.69, 9.17) is 9.72 Å². The maximum atomic E-state index is 13.0. The number of amides is 1. The molecule has 2 heterocycles. The second kappa shape index (κ2) is 12.1. The lowest BCUT2D eigenvalue weighted by Gasteiger charge is -2.35. The second-order valence-electron chi connectivity index (χ2n) is 12.8. The van der Waals surface area contributed by atoms with Gasteiger partial charge in [-0.05, 0) is 73.9 Å². The van der Waals surface area contributed by atoms with Crippen LogP contribution < -0.4 is 9.64 Å². The van der Waals surface area contributed by atoms with Crippen molar-refractivity contribution in [3.8, 4) is 17.0 Å². The molecule has 2 bridgehead atoms. The average Bonchev–Trinajstić information content (AvgIpc) is 3.55. The molecule has 2 aliphatic rings. The van der Waals surface area contributed by atoms with Gasteiger partial charge in [0.05, 0.1) is 11.6 Å². The molecule has 8 nitrogen and oxygen atoms in total. The number of thiazole rings is 1. The van der Waals surface area contributed by atoms with Crippen LogP contribution in [0.5, 0.6) is 5.75 Å². The first kappa shape index (κ1) is 30.0. The molecule has 3 atom stereocenters. The molecule has 0 radical (unpaired) electrons. The lowest BCUT2D eigenvalue weighted by atomic mass is 9.85. The molecule has 0 spiro atoms. The van der Waals surface area contributed by atoms with E-state index >= 15 is 0 Å². The Bertz CT molecular complexity index is 1450. The highest BCUT2D eigenvalue weighted by atomic mass is 32.1. The molecule has 2 fully saturated rings. The fourth-order valence-corrected chi connectivity index (χ4v) is 7.26. The summed E-state index contributed by atoms with van der Waals surface area (Å²) in [6, 6.07) is 11.8. The second-order valence-corrected chi connectivity index (χ2v) is 13.6. The van der Waals surface area contributed by atoms with Crippen LogP contribution in [0.1, 0.15) is 53.7 Å². The number of anilines is 1. The molecule has 2 N–H and O–H groups in total. The molecule has 1 saturated carbocycles. The molecular weight excluding hydrogens is 550 g/mol. The third-order valence-corrected chi connectivity index (χ3v) is 9.61. The van der Waals surface area contributed by atoms with Gasteiger partial charge in [0.25, 0.3) is 5.91 Å². The number of benzene rings is 2. The minimum Gasteiger partial charge on any atom is -0.488 e. The number of aliphatic carboxylic acids is 1. The van der Waals surface area contributed by atoms with Gasteiger partial charge in [0.1, 0.15) is 12.4 Å². The number of aliphatic hydroxyl groups is 1. The van der Waals surface area contributed by atoms with E-state index in [0.29, 0.717) is 18.7 Å². The Morgan fingerprint density at radius 2 is 1.83 bits per heavy atom. The number of carbonyl (C=O) groups is 2. The van der Waals surface area contributed by atoms with Crippen LogP contribution in [-0.4, -0.2) is 65.3 Å². The molecule has 42 heavy (non-hydrogen) atoms. The summed E-state index contributed by atoms with van der Waals surface area (Å²) in [6.07, 6.45) is 1.94. The molecule has 224 valence electrons. The van der Waals surface area contributed by atoms with Gasteiger partial charge in [0.15, 0.2) is 5.13 Å². The first-order valence-electron chi connectivity index (χ1n) is 14.6. The smallest absolute Gasteiger partial charge is 0.307 e. The van der Waals surface area contributed by atoms with Crippen molar-refractivity contribution in [3.05, 3.63) is 64.0 Å². The van der Waals surface area contributed by atoms with Gasteiger partial charge in [0.2, 0.25) is 0 Å². The Labute approximate surface area is 252 Å². The number of aliphatic hydroxyl groups excluding tert-OH is 1. The van der Waals surface area contributed by atoms with Crippen molar-refractivity contribution in [2.75, 3.05) is 38.2 Å². The van der Waals surface area contributed by atoms with Gasteiger partial charge < -0.3 is 24.7 Å². The van der Waals surface area contributed by atoms with Crippen LogP contribution in [0.4, 0.5) is 5.13 Å². The molecule has 1 aliphatic heterocycles. The van der Waals surface area contributed by atoms with Gasteiger partial charge in [-0.1, -0.05) is 31.5 Å². The van der Waals surface area contributed by atoms with Crippen molar-refractivity contribution in [1.29, 1.82) is 0 Å². The third kappa shape index (κ3) is 6.32. The normalized spacial score (nSPS) is 20.0. The largest absolute Gasteiger partial charge is 0.488 e. The highest BCUT2D eigenvalue weighted by Gasteiger charge is 2.46. The van der Waals surface area contributed by atoms with E-state index in [9.17, 15) is 19.8 Å². The summed E-state index contributed by atoms with van der Waals surface area (Å²) >= 11 is 1.60. The van der Waals surface area contributed by atoms with Crippen LogP contribution in [0, 0.1) is 37.0 Å². The van der Waals surface area contributed by atoms with Crippen molar-refractivity contribution < 1.29 is 24.5 Å². The monoisotopic (exact) mass is 591 g/mol. The zero-order valence-electron chi connectivity index (χ0n) is 25.1. The fourth-order valence-electron chi connectivity index (χ4n) is 6.42. The summed E-state index contributed by atoms with van der Waals surface area (Å²) in [6.45, 7) is 10.2. The van der Waals surface area contributed by atoms with Gasteiger partial charge in [-0.3, -0.25) is 9.59 Å². The topological polar surface area (TPSA) is 103 Å². The number of carboxylic acids is 1. The number of aromatic nitrogens is 1. The number of aryl methyl sites for hydroxylation is 2. The van der Waals surface area contributed by atoms with Crippen molar-refractivity contribution in [3.63, 3.8) is 0 Å². The number of fused-ring (bicyclic) bond motifs is 2. The summed E-state index contributed by atoms with van der Waals surface area (Å²) < 4.78 is 6.34. The van der Waals surface area contributed by atoms with Gasteiger partial charge >= 0.3 is 5.97 Å². The average molecular weight is 592 g/mol. The number of carbonyl (C=O) groups excluding carboxylic acids is 1. The van der Waals surface area contributed by atoms with Crippen LogP contribution >= 0.6 is 11.3 Å². The molecular formula is C33H41N3O5S. The van der Waals surface area contributed by atoms with E-state index in [1.54, 1.807) is 23.3 Å². The fraction of sp³-hybridized carbons (Fsp3) is 0.485. The molecule has 3 aromatic rings. The maximum absolute atomic E-state index is 13.0. The predicted molar refractivity (Wildman–Crippen MR) is 165 cm³/mol. The number of hydrogen-bond donors (Lipinski definition) is 2. The standard InChI is InChI=1S/C33H41N3O5S/c1-20-6-11-28(41-16-25-10-7-22(13-21(25)2)30(38)35(5)18-33(3,4)19-37)26(12-20)27-17-42-32(34-27)36-14-23-8-9-24(15-36)29(23)31(39)40/h6-7,10-13,17,23-24,29,37H,8-9,14-16,18-19H2,1-5H3,(H,39,40)/t23-,24?,29+/m0/s1. The van der Waals surface area contributed by atoms with Crippen molar-refractivity contribution in [2.45, 2.75) is 47.1 Å². The van der Waals surface area contributed by atoms with E-state index in [2.05, 4.69) is 16.3 Å². The minimum atomic E-state index is -0.658. The zero-order valence-corrected chi connectivity index (χ0v) is 25.9. The van der Waals surface area contributed by atoms with E-state index in [1.807, 2.05) is 58.0 Å². The number of rotatable bonds is 10. The number of carboxylic acid groups (broad SMARTS) is 1. The molecule has 2 aromatic carbocycles. The SMILES string of the molecule is Cc1ccc(OCc2ccc(C(=O)N(C)CC(C)(C)CO)cc2C)c(-c2csc(N3CC4CC[C@@H](C3)[C@H]4C(=O)O)n2)c1. The van der Waals surface area contributed by atoms with E-state index < -0.39 is 5.97 Å². The third-order valence-electron chi connectivity index (χ3n) is 8.71. The predicted octanol–water partition coefficient (Wildman–Crippen LogP) is 5.64. The highest BCUT2D eigenvalue weighted by molar-refractivity contribution is 7.14. The molecule has 5 rings (SSSR count). The van der Waals surface area contributed by atoms with E-state index in [0.717, 1.165) is 64.8 Å². The molecule has 1 aliphatic carbocycles. The molecule has 1 amide bonds. The first-order valence-corrected chi connectivity index (χ1v) is 15.5. The molecule has 9 heteroatoms. The summed E-state index contributed by atoms with van der Waals surface area (Å²) in [5, 5.41) is 22.2.